The quantitative estimate of drug-likeness (QED) is 0.534. The van der Waals surface area contributed by atoms with Crippen LogP contribution in [0, 0.1) is 0 Å². The molecule has 0 saturated carbocycles. The molecule has 104 valence electrons. The van der Waals surface area contributed by atoms with Gasteiger partial charge in [0.1, 0.15) is 0 Å². The van der Waals surface area contributed by atoms with Gasteiger partial charge in [-0.1, -0.05) is 42.5 Å². The van der Waals surface area contributed by atoms with Crippen LogP contribution < -0.4 is 0 Å². The summed E-state index contributed by atoms with van der Waals surface area (Å²) in [7, 11) is -3.79. The molecule has 0 unspecified atom stereocenters. The lowest BCUT2D eigenvalue weighted by Crippen LogP contribution is -1.95. The van der Waals surface area contributed by atoms with Crippen LogP contribution in [0.2, 0.25) is 0 Å². The fourth-order valence-corrected chi connectivity index (χ4v) is 2.66. The van der Waals surface area contributed by atoms with Gasteiger partial charge in [0.25, 0.3) is 0 Å². The predicted octanol–water partition coefficient (Wildman–Crippen LogP) is 4.78. The molecule has 0 spiro atoms. The molecule has 0 aliphatic heterocycles. The Labute approximate surface area is 113 Å². The molecule has 0 saturated heterocycles. The number of benzene rings is 1. The van der Waals surface area contributed by atoms with Gasteiger partial charge in [-0.3, -0.25) is 4.57 Å². The molecule has 0 fully saturated rings. The fraction of sp³-hybridized carbons (Fsp3) is 0.286. The third-order valence-corrected chi connectivity index (χ3v) is 4.05. The van der Waals surface area contributed by atoms with Crippen molar-refractivity contribution in [2.45, 2.75) is 13.8 Å². The third-order valence-electron chi connectivity index (χ3n) is 2.18. The first-order valence-corrected chi connectivity index (χ1v) is 7.65. The zero-order valence-corrected chi connectivity index (χ0v) is 12.0. The van der Waals surface area contributed by atoms with E-state index in [1.165, 1.54) is 6.08 Å². The molecular weight excluding hydrogens is 266 g/mol. The van der Waals surface area contributed by atoms with Gasteiger partial charge in [0.15, 0.2) is 0 Å². The molecule has 1 aromatic rings. The Bertz CT molecular complexity index is 473. The maximum atomic E-state index is 13.8. The van der Waals surface area contributed by atoms with E-state index < -0.39 is 13.2 Å². The second kappa shape index (κ2) is 8.05. The van der Waals surface area contributed by atoms with Crippen molar-refractivity contribution in [1.82, 2.24) is 0 Å². The van der Waals surface area contributed by atoms with Crippen molar-refractivity contribution in [2.24, 2.45) is 0 Å². The van der Waals surface area contributed by atoms with Crippen molar-refractivity contribution in [3.8, 4) is 0 Å². The molecular formula is C14H18FO3P. The van der Waals surface area contributed by atoms with Gasteiger partial charge in [0.2, 0.25) is 5.57 Å². The average Bonchev–Trinajstić information content (AvgIpc) is 2.40. The highest BCUT2D eigenvalue weighted by Gasteiger charge is 2.29. The highest BCUT2D eigenvalue weighted by molar-refractivity contribution is 7.58. The van der Waals surface area contributed by atoms with Crippen molar-refractivity contribution in [3.63, 3.8) is 0 Å². The Morgan fingerprint density at radius 1 is 1.21 bits per heavy atom. The van der Waals surface area contributed by atoms with E-state index in [0.29, 0.717) is 0 Å². The van der Waals surface area contributed by atoms with Crippen molar-refractivity contribution < 1.29 is 18.0 Å². The van der Waals surface area contributed by atoms with Crippen LogP contribution in [-0.2, 0) is 13.6 Å². The van der Waals surface area contributed by atoms with Crippen LogP contribution >= 0.6 is 7.60 Å². The minimum Gasteiger partial charge on any atom is -0.304 e. The highest BCUT2D eigenvalue weighted by Crippen LogP contribution is 2.56. The van der Waals surface area contributed by atoms with Gasteiger partial charge in [-0.05, 0) is 25.5 Å². The Balaban J connectivity index is 2.79. The van der Waals surface area contributed by atoms with Crippen molar-refractivity contribution in [1.29, 1.82) is 0 Å². The smallest absolute Gasteiger partial charge is 0.304 e. The van der Waals surface area contributed by atoms with Gasteiger partial charge in [0.05, 0.1) is 13.2 Å². The van der Waals surface area contributed by atoms with Crippen LogP contribution in [0.3, 0.4) is 0 Å². The van der Waals surface area contributed by atoms with E-state index in [9.17, 15) is 8.96 Å². The van der Waals surface area contributed by atoms with Gasteiger partial charge >= 0.3 is 7.60 Å². The van der Waals surface area contributed by atoms with Crippen LogP contribution in [-0.4, -0.2) is 13.2 Å². The summed E-state index contributed by atoms with van der Waals surface area (Å²) in [5.74, 6) is 0. The predicted molar refractivity (Wildman–Crippen MR) is 75.5 cm³/mol. The molecule has 0 aromatic heterocycles. The molecule has 0 radical (unpaired) electrons. The molecule has 0 N–H and O–H groups in total. The summed E-state index contributed by atoms with van der Waals surface area (Å²) in [6, 6.07) is 9.42. The van der Waals surface area contributed by atoms with E-state index in [4.69, 9.17) is 9.05 Å². The van der Waals surface area contributed by atoms with E-state index in [1.54, 1.807) is 19.9 Å². The van der Waals surface area contributed by atoms with Crippen LogP contribution in [0.4, 0.5) is 4.39 Å². The molecule has 1 aromatic carbocycles. The van der Waals surface area contributed by atoms with Gasteiger partial charge in [-0.15, -0.1) is 0 Å². The molecule has 3 nitrogen and oxygen atoms in total. The van der Waals surface area contributed by atoms with Gasteiger partial charge in [0, 0.05) is 0 Å². The minimum atomic E-state index is -3.79. The Morgan fingerprint density at radius 2 is 1.79 bits per heavy atom. The first-order chi connectivity index (χ1) is 9.12. The highest BCUT2D eigenvalue weighted by atomic mass is 31.2. The monoisotopic (exact) mass is 284 g/mol. The van der Waals surface area contributed by atoms with Crippen molar-refractivity contribution >= 4 is 13.7 Å². The van der Waals surface area contributed by atoms with E-state index >= 15 is 0 Å². The number of rotatable bonds is 7. The number of halogens is 1. The lowest BCUT2D eigenvalue weighted by molar-refractivity contribution is 0.220. The second-order valence-electron chi connectivity index (χ2n) is 3.59. The number of allylic oxidation sites excluding steroid dienone is 2. The summed E-state index contributed by atoms with van der Waals surface area (Å²) in [5, 5.41) is 0. The zero-order chi connectivity index (χ0) is 14.1. The number of hydrogen-bond donors (Lipinski definition) is 0. The van der Waals surface area contributed by atoms with Crippen LogP contribution in [0.25, 0.3) is 6.08 Å². The normalized spacial score (nSPS) is 13.1. The summed E-state index contributed by atoms with van der Waals surface area (Å²) in [6.07, 6.45) is 4.30. The summed E-state index contributed by atoms with van der Waals surface area (Å²) in [5.41, 5.74) is 0.0394. The molecule has 19 heavy (non-hydrogen) atoms. The number of hydrogen-bond acceptors (Lipinski definition) is 3. The van der Waals surface area contributed by atoms with E-state index in [2.05, 4.69) is 0 Å². The lowest BCUT2D eigenvalue weighted by Gasteiger charge is -2.14. The molecule has 0 atom stereocenters. The van der Waals surface area contributed by atoms with Gasteiger partial charge in [-0.25, -0.2) is 0 Å². The molecule has 0 heterocycles. The molecule has 5 heteroatoms. The Morgan fingerprint density at radius 3 is 2.32 bits per heavy atom. The van der Waals surface area contributed by atoms with E-state index in [-0.39, 0.29) is 13.2 Å². The summed E-state index contributed by atoms with van der Waals surface area (Å²) >= 11 is 0. The maximum absolute atomic E-state index is 13.8. The molecule has 0 bridgehead atoms. The summed E-state index contributed by atoms with van der Waals surface area (Å²) in [6.45, 7) is 3.53. The largest absolute Gasteiger partial charge is 0.389 e. The van der Waals surface area contributed by atoms with Gasteiger partial charge in [-0.2, -0.15) is 4.39 Å². The minimum absolute atomic E-state index is 0.126. The lowest BCUT2D eigenvalue weighted by atomic mass is 10.2. The van der Waals surface area contributed by atoms with Crippen LogP contribution in [0.1, 0.15) is 19.4 Å². The average molecular weight is 284 g/mol. The Kier molecular flexibility index (Phi) is 6.71. The van der Waals surface area contributed by atoms with Crippen molar-refractivity contribution in [2.75, 3.05) is 13.2 Å². The van der Waals surface area contributed by atoms with Crippen LogP contribution in [0.15, 0.2) is 48.1 Å². The molecule has 0 amide bonds. The molecule has 0 aliphatic carbocycles. The van der Waals surface area contributed by atoms with Gasteiger partial charge < -0.3 is 9.05 Å². The molecule has 1 rings (SSSR count). The first-order valence-electron chi connectivity index (χ1n) is 6.11. The molecule has 0 aliphatic rings. The standard InChI is InChI=1S/C14H18FO3P/c1-3-17-19(16,18-4-2)14(15)12-8-11-13-9-6-5-7-10-13/h5-12H,3-4H2,1-2H3/b11-8+,14-12+. The van der Waals surface area contributed by atoms with Crippen molar-refractivity contribution in [3.05, 3.63) is 53.6 Å². The second-order valence-corrected chi connectivity index (χ2v) is 5.53. The van der Waals surface area contributed by atoms with E-state index in [1.807, 2.05) is 30.3 Å². The maximum Gasteiger partial charge on any atom is 0.389 e. The fourth-order valence-electron chi connectivity index (χ4n) is 1.39. The SMILES string of the molecule is CCOP(=O)(OCC)/C(F)=C/C=C/c1ccccc1. The summed E-state index contributed by atoms with van der Waals surface area (Å²) in [4.78, 5) is 0. The summed E-state index contributed by atoms with van der Waals surface area (Å²) < 4.78 is 35.6. The topological polar surface area (TPSA) is 35.5 Å². The van der Waals surface area contributed by atoms with Crippen LogP contribution in [0.5, 0.6) is 0 Å². The zero-order valence-electron chi connectivity index (χ0n) is 11.1. The Hall–Kier alpha value is -1.22. The van der Waals surface area contributed by atoms with E-state index in [0.717, 1.165) is 11.6 Å². The third kappa shape index (κ3) is 5.11. The first kappa shape index (κ1) is 15.8.